The van der Waals surface area contributed by atoms with Gasteiger partial charge in [0.2, 0.25) is 10.0 Å². The predicted octanol–water partition coefficient (Wildman–Crippen LogP) is 3.07. The summed E-state index contributed by atoms with van der Waals surface area (Å²) in [5.41, 5.74) is 2.49. The van der Waals surface area contributed by atoms with E-state index in [9.17, 15) is 13.2 Å². The van der Waals surface area contributed by atoms with Crippen molar-refractivity contribution in [2.24, 2.45) is 0 Å². The molecule has 0 spiro atoms. The number of thiazole rings is 1. The first-order chi connectivity index (χ1) is 14.9. The van der Waals surface area contributed by atoms with Gasteiger partial charge in [0.1, 0.15) is 9.88 Å². The Balaban J connectivity index is 1.40. The minimum absolute atomic E-state index is 0.192. The number of amides is 1. The van der Waals surface area contributed by atoms with E-state index in [1.54, 1.807) is 24.3 Å². The van der Waals surface area contributed by atoms with Crippen LogP contribution in [0.4, 0.5) is 0 Å². The van der Waals surface area contributed by atoms with Gasteiger partial charge in [0.05, 0.1) is 23.8 Å². The number of aromatic nitrogens is 1. The minimum atomic E-state index is -3.52. The highest BCUT2D eigenvalue weighted by Crippen LogP contribution is 2.27. The van der Waals surface area contributed by atoms with Crippen molar-refractivity contribution < 1.29 is 17.9 Å². The lowest BCUT2D eigenvalue weighted by molar-refractivity contribution is 0.0730. The summed E-state index contributed by atoms with van der Waals surface area (Å²) < 4.78 is 32.1. The lowest BCUT2D eigenvalue weighted by Gasteiger charge is -2.26. The van der Waals surface area contributed by atoms with Gasteiger partial charge in [-0.25, -0.2) is 13.4 Å². The predicted molar refractivity (Wildman–Crippen MR) is 119 cm³/mol. The maximum atomic E-state index is 12.7. The summed E-state index contributed by atoms with van der Waals surface area (Å²) in [5.74, 6) is -0.192. The highest BCUT2D eigenvalue weighted by atomic mass is 32.2. The van der Waals surface area contributed by atoms with Crippen molar-refractivity contribution >= 4 is 27.3 Å². The highest BCUT2D eigenvalue weighted by molar-refractivity contribution is 7.89. The fourth-order valence-electron chi connectivity index (χ4n) is 3.29. The van der Waals surface area contributed by atoms with Crippen LogP contribution in [0, 0.1) is 6.92 Å². The smallest absolute Gasteiger partial charge is 0.263 e. The van der Waals surface area contributed by atoms with Crippen LogP contribution in [-0.2, 0) is 21.3 Å². The van der Waals surface area contributed by atoms with Crippen LogP contribution in [0.3, 0.4) is 0 Å². The molecule has 162 valence electrons. The molecule has 3 aromatic rings. The molecule has 0 bridgehead atoms. The van der Waals surface area contributed by atoms with Crippen LogP contribution in [0.1, 0.15) is 20.9 Å². The third kappa shape index (κ3) is 4.85. The molecule has 1 amide bonds. The van der Waals surface area contributed by atoms with Crippen molar-refractivity contribution in [2.75, 3.05) is 26.3 Å². The number of morpholine rings is 1. The zero-order valence-electron chi connectivity index (χ0n) is 17.1. The van der Waals surface area contributed by atoms with E-state index in [1.807, 2.05) is 37.3 Å². The molecule has 0 aliphatic carbocycles. The average Bonchev–Trinajstić information content (AvgIpc) is 3.20. The van der Waals surface area contributed by atoms with E-state index in [1.165, 1.54) is 15.6 Å². The second kappa shape index (κ2) is 9.27. The summed E-state index contributed by atoms with van der Waals surface area (Å²) in [6, 6.07) is 16.4. The molecular weight excluding hydrogens is 434 g/mol. The number of rotatable bonds is 6. The van der Waals surface area contributed by atoms with Crippen molar-refractivity contribution in [3.05, 3.63) is 70.7 Å². The zero-order valence-corrected chi connectivity index (χ0v) is 18.7. The molecule has 1 N–H and O–H groups in total. The van der Waals surface area contributed by atoms with Gasteiger partial charge in [-0.15, -0.1) is 11.3 Å². The van der Waals surface area contributed by atoms with Gasteiger partial charge in [-0.05, 0) is 24.6 Å². The van der Waals surface area contributed by atoms with Crippen LogP contribution < -0.4 is 5.32 Å². The van der Waals surface area contributed by atoms with Crippen LogP contribution >= 0.6 is 11.3 Å². The Hall–Kier alpha value is -2.59. The number of aryl methyl sites for hydroxylation is 1. The average molecular weight is 458 g/mol. The number of ether oxygens (including phenoxy) is 1. The summed E-state index contributed by atoms with van der Waals surface area (Å²) in [5, 5.41) is 3.70. The number of hydrogen-bond donors (Lipinski definition) is 1. The van der Waals surface area contributed by atoms with Gasteiger partial charge in [-0.2, -0.15) is 4.31 Å². The van der Waals surface area contributed by atoms with Gasteiger partial charge >= 0.3 is 0 Å². The molecule has 9 heteroatoms. The largest absolute Gasteiger partial charge is 0.379 e. The van der Waals surface area contributed by atoms with Crippen LogP contribution in [0.15, 0.2) is 59.5 Å². The molecule has 1 aliphatic rings. The third-order valence-electron chi connectivity index (χ3n) is 5.01. The molecule has 0 radical (unpaired) electrons. The molecule has 2 aromatic carbocycles. The molecule has 7 nitrogen and oxygen atoms in total. The normalized spacial score (nSPS) is 15.0. The summed E-state index contributed by atoms with van der Waals surface area (Å²) in [4.78, 5) is 18.0. The van der Waals surface area contributed by atoms with Crippen molar-refractivity contribution in [3.63, 3.8) is 0 Å². The minimum Gasteiger partial charge on any atom is -0.379 e. The Bertz CT molecular complexity index is 1150. The Morgan fingerprint density at radius 3 is 2.45 bits per heavy atom. The fourth-order valence-corrected chi connectivity index (χ4v) is 5.69. The standard InChI is InChI=1S/C22H23N3O4S2/c1-16-20(30-22(24-16)18-5-3-2-4-6-18)21(26)23-15-17-7-9-19(10-8-17)31(27,28)25-11-13-29-14-12-25/h2-10H,11-15H2,1H3,(H,23,26). The Kier molecular flexibility index (Phi) is 6.47. The van der Waals surface area contributed by atoms with E-state index in [2.05, 4.69) is 10.3 Å². The molecular formula is C22H23N3O4S2. The third-order valence-corrected chi connectivity index (χ3v) is 8.13. The van der Waals surface area contributed by atoms with Crippen molar-refractivity contribution in [2.45, 2.75) is 18.4 Å². The first kappa shape index (κ1) is 21.6. The van der Waals surface area contributed by atoms with E-state index in [4.69, 9.17) is 4.74 Å². The summed E-state index contributed by atoms with van der Waals surface area (Å²) in [6.07, 6.45) is 0. The van der Waals surface area contributed by atoms with Crippen molar-refractivity contribution in [1.82, 2.24) is 14.6 Å². The van der Waals surface area contributed by atoms with Gasteiger partial charge in [0, 0.05) is 25.2 Å². The molecule has 1 fully saturated rings. The van der Waals surface area contributed by atoms with Gasteiger partial charge in [0.15, 0.2) is 0 Å². The van der Waals surface area contributed by atoms with Crippen LogP contribution in [-0.4, -0.2) is 49.9 Å². The SMILES string of the molecule is Cc1nc(-c2ccccc2)sc1C(=O)NCc1ccc(S(=O)(=O)N2CCOCC2)cc1. The molecule has 1 aliphatic heterocycles. The quantitative estimate of drug-likeness (QED) is 0.615. The maximum Gasteiger partial charge on any atom is 0.263 e. The number of sulfonamides is 1. The molecule has 1 saturated heterocycles. The van der Waals surface area contributed by atoms with Crippen LogP contribution in [0.2, 0.25) is 0 Å². The van der Waals surface area contributed by atoms with Crippen LogP contribution in [0.25, 0.3) is 10.6 Å². The van der Waals surface area contributed by atoms with E-state index < -0.39 is 10.0 Å². The Morgan fingerprint density at radius 2 is 1.77 bits per heavy atom. The molecule has 2 heterocycles. The Morgan fingerprint density at radius 1 is 1.10 bits per heavy atom. The number of nitrogens with one attached hydrogen (secondary N) is 1. The van der Waals surface area contributed by atoms with E-state index in [0.29, 0.717) is 43.4 Å². The summed E-state index contributed by atoms with van der Waals surface area (Å²) in [6.45, 7) is 3.66. The molecule has 1 aromatic heterocycles. The van der Waals surface area contributed by atoms with Crippen LogP contribution in [0.5, 0.6) is 0 Å². The fraction of sp³-hybridized carbons (Fsp3) is 0.273. The van der Waals surface area contributed by atoms with E-state index in [-0.39, 0.29) is 10.8 Å². The Labute approximate surface area is 185 Å². The number of benzene rings is 2. The highest BCUT2D eigenvalue weighted by Gasteiger charge is 2.26. The first-order valence-electron chi connectivity index (χ1n) is 9.93. The lowest BCUT2D eigenvalue weighted by Crippen LogP contribution is -2.40. The van der Waals surface area contributed by atoms with Gasteiger partial charge in [-0.3, -0.25) is 4.79 Å². The van der Waals surface area contributed by atoms with Crippen molar-refractivity contribution in [1.29, 1.82) is 0 Å². The van der Waals surface area contributed by atoms with E-state index in [0.717, 1.165) is 16.1 Å². The molecule has 0 atom stereocenters. The lowest BCUT2D eigenvalue weighted by atomic mass is 10.2. The van der Waals surface area contributed by atoms with Gasteiger partial charge in [0.25, 0.3) is 5.91 Å². The second-order valence-corrected chi connectivity index (χ2v) is 10.1. The molecule has 31 heavy (non-hydrogen) atoms. The number of carbonyl (C=O) groups excluding carboxylic acids is 1. The number of carbonyl (C=O) groups is 1. The zero-order chi connectivity index (χ0) is 21.8. The van der Waals surface area contributed by atoms with E-state index >= 15 is 0 Å². The molecule has 4 rings (SSSR count). The monoisotopic (exact) mass is 457 g/mol. The summed E-state index contributed by atoms with van der Waals surface area (Å²) in [7, 11) is -3.52. The topological polar surface area (TPSA) is 88.6 Å². The first-order valence-corrected chi connectivity index (χ1v) is 12.2. The second-order valence-electron chi connectivity index (χ2n) is 7.14. The maximum absolute atomic E-state index is 12.7. The molecule has 0 saturated carbocycles. The van der Waals surface area contributed by atoms with Gasteiger partial charge in [-0.1, -0.05) is 42.5 Å². The molecule has 0 unspecified atom stereocenters. The number of nitrogens with zero attached hydrogens (tertiary/aromatic N) is 2. The van der Waals surface area contributed by atoms with Gasteiger partial charge < -0.3 is 10.1 Å². The summed E-state index contributed by atoms with van der Waals surface area (Å²) >= 11 is 1.36. The van der Waals surface area contributed by atoms with Crippen molar-refractivity contribution in [3.8, 4) is 10.6 Å². The number of hydrogen-bond acceptors (Lipinski definition) is 6.